The lowest BCUT2D eigenvalue weighted by Crippen LogP contribution is -2.48. The van der Waals surface area contributed by atoms with Crippen LogP contribution in [-0.4, -0.2) is 37.7 Å². The zero-order valence-electron chi connectivity index (χ0n) is 8.38. The smallest absolute Gasteiger partial charge is 0.0518 e. The summed E-state index contributed by atoms with van der Waals surface area (Å²) < 4.78 is 5.54. The third kappa shape index (κ3) is 3.11. The van der Waals surface area contributed by atoms with Crippen LogP contribution in [0.5, 0.6) is 0 Å². The molecular formula is C10H21NO. The van der Waals surface area contributed by atoms with Gasteiger partial charge in [0.15, 0.2) is 0 Å². The van der Waals surface area contributed by atoms with E-state index in [0.29, 0.717) is 0 Å². The Hall–Kier alpha value is -0.0800. The van der Waals surface area contributed by atoms with Crippen molar-refractivity contribution in [2.45, 2.75) is 26.7 Å². The van der Waals surface area contributed by atoms with Crippen LogP contribution >= 0.6 is 0 Å². The van der Waals surface area contributed by atoms with Gasteiger partial charge in [-0.15, -0.1) is 0 Å². The summed E-state index contributed by atoms with van der Waals surface area (Å²) in [6, 6.07) is 0. The molecule has 12 heavy (non-hydrogen) atoms. The maximum atomic E-state index is 5.54. The van der Waals surface area contributed by atoms with Crippen molar-refractivity contribution in [2.24, 2.45) is 5.92 Å². The second kappa shape index (κ2) is 5.55. The van der Waals surface area contributed by atoms with Gasteiger partial charge in [0.1, 0.15) is 0 Å². The second-order valence-corrected chi connectivity index (χ2v) is 3.65. The van der Waals surface area contributed by atoms with E-state index in [2.05, 4.69) is 18.7 Å². The van der Waals surface area contributed by atoms with Crippen molar-refractivity contribution in [2.75, 3.05) is 32.8 Å². The SMILES string of the molecule is CCCCOCC1CN(CC)C1. The molecule has 0 atom stereocenters. The predicted octanol–water partition coefficient (Wildman–Crippen LogP) is 1.75. The summed E-state index contributed by atoms with van der Waals surface area (Å²) >= 11 is 0. The van der Waals surface area contributed by atoms with Crippen LogP contribution in [0.15, 0.2) is 0 Å². The van der Waals surface area contributed by atoms with Gasteiger partial charge < -0.3 is 9.64 Å². The van der Waals surface area contributed by atoms with Crippen LogP contribution in [0.2, 0.25) is 0 Å². The maximum absolute atomic E-state index is 5.54. The van der Waals surface area contributed by atoms with Crippen LogP contribution in [0.25, 0.3) is 0 Å². The molecule has 0 unspecified atom stereocenters. The molecule has 1 fully saturated rings. The zero-order chi connectivity index (χ0) is 8.81. The van der Waals surface area contributed by atoms with Gasteiger partial charge in [0.05, 0.1) is 6.61 Å². The first-order valence-electron chi connectivity index (χ1n) is 5.16. The summed E-state index contributed by atoms with van der Waals surface area (Å²) in [6.07, 6.45) is 2.45. The van der Waals surface area contributed by atoms with E-state index in [-0.39, 0.29) is 0 Å². The zero-order valence-corrected chi connectivity index (χ0v) is 8.38. The molecule has 1 heterocycles. The number of ether oxygens (including phenoxy) is 1. The fourth-order valence-corrected chi connectivity index (χ4v) is 1.54. The van der Waals surface area contributed by atoms with Gasteiger partial charge in [-0.3, -0.25) is 0 Å². The van der Waals surface area contributed by atoms with Crippen molar-refractivity contribution in [3.05, 3.63) is 0 Å². The van der Waals surface area contributed by atoms with Gasteiger partial charge in [-0.2, -0.15) is 0 Å². The first-order chi connectivity index (χ1) is 5.86. The van der Waals surface area contributed by atoms with Gasteiger partial charge >= 0.3 is 0 Å². The van der Waals surface area contributed by atoms with Crippen LogP contribution < -0.4 is 0 Å². The number of unbranched alkanes of at least 4 members (excludes halogenated alkanes) is 1. The summed E-state index contributed by atoms with van der Waals surface area (Å²) in [5.41, 5.74) is 0. The third-order valence-electron chi connectivity index (χ3n) is 2.48. The molecule has 0 aromatic rings. The lowest BCUT2D eigenvalue weighted by molar-refractivity contribution is 0.0167. The second-order valence-electron chi connectivity index (χ2n) is 3.65. The van der Waals surface area contributed by atoms with E-state index in [1.165, 1.54) is 32.5 Å². The molecule has 0 N–H and O–H groups in total. The number of likely N-dealkylation sites (tertiary alicyclic amines) is 1. The highest BCUT2D eigenvalue weighted by molar-refractivity contribution is 4.77. The molecule has 2 heteroatoms. The molecule has 0 aromatic heterocycles. The molecule has 0 bridgehead atoms. The van der Waals surface area contributed by atoms with Gasteiger partial charge in [0.2, 0.25) is 0 Å². The topological polar surface area (TPSA) is 12.5 Å². The first kappa shape index (κ1) is 10.0. The largest absolute Gasteiger partial charge is 0.381 e. The number of hydrogen-bond donors (Lipinski definition) is 0. The molecule has 2 nitrogen and oxygen atoms in total. The number of nitrogens with zero attached hydrogens (tertiary/aromatic N) is 1. The molecule has 72 valence electrons. The van der Waals surface area contributed by atoms with Gasteiger partial charge in [-0.05, 0) is 13.0 Å². The fraction of sp³-hybridized carbons (Fsp3) is 1.00. The summed E-state index contributed by atoms with van der Waals surface area (Å²) in [7, 11) is 0. The molecule has 0 aliphatic carbocycles. The lowest BCUT2D eigenvalue weighted by atomic mass is 10.0. The highest BCUT2D eigenvalue weighted by Gasteiger charge is 2.24. The Kier molecular flexibility index (Phi) is 4.62. The van der Waals surface area contributed by atoms with E-state index in [4.69, 9.17) is 4.74 Å². The van der Waals surface area contributed by atoms with Crippen molar-refractivity contribution < 1.29 is 4.74 Å². The molecule has 1 saturated heterocycles. The Morgan fingerprint density at radius 1 is 1.33 bits per heavy atom. The van der Waals surface area contributed by atoms with Crippen molar-refractivity contribution in [1.29, 1.82) is 0 Å². The van der Waals surface area contributed by atoms with E-state index in [1.807, 2.05) is 0 Å². The van der Waals surface area contributed by atoms with E-state index in [1.54, 1.807) is 0 Å². The highest BCUT2D eigenvalue weighted by Crippen LogP contribution is 2.14. The summed E-state index contributed by atoms with van der Waals surface area (Å²) in [6.45, 7) is 10.1. The average molecular weight is 171 g/mol. The third-order valence-corrected chi connectivity index (χ3v) is 2.48. The van der Waals surface area contributed by atoms with Crippen LogP contribution in [0.3, 0.4) is 0 Å². The first-order valence-corrected chi connectivity index (χ1v) is 5.16. The van der Waals surface area contributed by atoms with Crippen LogP contribution in [0.1, 0.15) is 26.7 Å². The Bertz CT molecular complexity index is 110. The predicted molar refractivity (Wildman–Crippen MR) is 51.3 cm³/mol. The molecule has 0 saturated carbocycles. The molecule has 1 aliphatic heterocycles. The Morgan fingerprint density at radius 2 is 2.08 bits per heavy atom. The monoisotopic (exact) mass is 171 g/mol. The standard InChI is InChI=1S/C10H21NO/c1-3-5-6-12-9-10-7-11(4-2)8-10/h10H,3-9H2,1-2H3. The van der Waals surface area contributed by atoms with Crippen molar-refractivity contribution in [3.8, 4) is 0 Å². The van der Waals surface area contributed by atoms with Crippen LogP contribution in [0, 0.1) is 5.92 Å². The molecule has 0 radical (unpaired) electrons. The van der Waals surface area contributed by atoms with E-state index < -0.39 is 0 Å². The molecule has 0 aromatic carbocycles. The Balaban J connectivity index is 1.83. The Morgan fingerprint density at radius 3 is 2.67 bits per heavy atom. The average Bonchev–Trinajstić information content (AvgIpc) is 2.01. The van der Waals surface area contributed by atoms with Gasteiger partial charge in [-0.1, -0.05) is 20.3 Å². The van der Waals surface area contributed by atoms with Crippen LogP contribution in [0.4, 0.5) is 0 Å². The van der Waals surface area contributed by atoms with E-state index in [0.717, 1.165) is 19.1 Å². The Labute approximate surface area is 75.9 Å². The minimum atomic E-state index is 0.821. The maximum Gasteiger partial charge on any atom is 0.0518 e. The minimum absolute atomic E-state index is 0.821. The van der Waals surface area contributed by atoms with Crippen molar-refractivity contribution >= 4 is 0 Å². The van der Waals surface area contributed by atoms with Crippen molar-refractivity contribution in [3.63, 3.8) is 0 Å². The van der Waals surface area contributed by atoms with Gasteiger partial charge in [0, 0.05) is 25.6 Å². The van der Waals surface area contributed by atoms with Gasteiger partial charge in [-0.25, -0.2) is 0 Å². The minimum Gasteiger partial charge on any atom is -0.381 e. The molecule has 0 spiro atoms. The normalized spacial score (nSPS) is 19.5. The van der Waals surface area contributed by atoms with Crippen molar-refractivity contribution in [1.82, 2.24) is 4.90 Å². The quantitative estimate of drug-likeness (QED) is 0.565. The molecule has 1 rings (SSSR count). The molecule has 0 amide bonds. The number of hydrogen-bond acceptors (Lipinski definition) is 2. The fourth-order valence-electron chi connectivity index (χ4n) is 1.54. The van der Waals surface area contributed by atoms with E-state index >= 15 is 0 Å². The summed E-state index contributed by atoms with van der Waals surface area (Å²) in [4.78, 5) is 2.45. The van der Waals surface area contributed by atoms with Crippen LogP contribution in [-0.2, 0) is 4.74 Å². The highest BCUT2D eigenvalue weighted by atomic mass is 16.5. The molecular weight excluding hydrogens is 150 g/mol. The van der Waals surface area contributed by atoms with E-state index in [9.17, 15) is 0 Å². The van der Waals surface area contributed by atoms with Gasteiger partial charge in [0.25, 0.3) is 0 Å². The number of rotatable bonds is 6. The lowest BCUT2D eigenvalue weighted by Gasteiger charge is -2.38. The summed E-state index contributed by atoms with van der Waals surface area (Å²) in [5, 5.41) is 0. The molecule has 1 aliphatic rings. The summed E-state index contributed by atoms with van der Waals surface area (Å²) in [5.74, 6) is 0.821.